The second-order valence-corrected chi connectivity index (χ2v) is 6.11. The van der Waals surface area contributed by atoms with Crippen molar-refractivity contribution in [2.45, 2.75) is 0 Å². The van der Waals surface area contributed by atoms with E-state index in [1.807, 2.05) is 0 Å². The molecule has 0 radical (unpaired) electrons. The maximum absolute atomic E-state index is 13.6. The van der Waals surface area contributed by atoms with Gasteiger partial charge in [-0.25, -0.2) is 14.4 Å². The summed E-state index contributed by atoms with van der Waals surface area (Å²) >= 11 is 11.9. The Morgan fingerprint density at radius 3 is 2.52 bits per heavy atom. The molecule has 2 aromatic carbocycles. The molecule has 27 heavy (non-hydrogen) atoms. The van der Waals surface area contributed by atoms with Crippen molar-refractivity contribution in [3.05, 3.63) is 70.2 Å². The Bertz CT molecular complexity index is 1000. The number of amides is 1. The van der Waals surface area contributed by atoms with E-state index in [9.17, 15) is 9.18 Å². The van der Waals surface area contributed by atoms with Gasteiger partial charge < -0.3 is 11.1 Å². The molecule has 0 saturated heterocycles. The molecule has 7 nitrogen and oxygen atoms in total. The summed E-state index contributed by atoms with van der Waals surface area (Å²) in [6.45, 7) is 0. The van der Waals surface area contributed by atoms with E-state index in [1.54, 1.807) is 24.3 Å². The first-order valence-electron chi connectivity index (χ1n) is 7.59. The summed E-state index contributed by atoms with van der Waals surface area (Å²) < 4.78 is 13.6. The highest BCUT2D eigenvalue weighted by molar-refractivity contribution is 6.42. The SMILES string of the molecule is Nc1c(NNC(=O)c2ccccc2F)ncnc1Nc1ccc(Cl)c(Cl)c1. The number of benzene rings is 2. The van der Waals surface area contributed by atoms with Gasteiger partial charge in [-0.05, 0) is 30.3 Å². The maximum Gasteiger partial charge on any atom is 0.272 e. The van der Waals surface area contributed by atoms with Gasteiger partial charge in [0.15, 0.2) is 11.6 Å². The van der Waals surface area contributed by atoms with Gasteiger partial charge in [-0.2, -0.15) is 0 Å². The Balaban J connectivity index is 1.74. The fourth-order valence-corrected chi connectivity index (χ4v) is 2.43. The van der Waals surface area contributed by atoms with Crippen LogP contribution in [0.15, 0.2) is 48.8 Å². The first-order chi connectivity index (χ1) is 13.0. The van der Waals surface area contributed by atoms with E-state index in [-0.39, 0.29) is 22.9 Å². The van der Waals surface area contributed by atoms with E-state index in [4.69, 9.17) is 28.9 Å². The average Bonchev–Trinajstić information content (AvgIpc) is 2.65. The van der Waals surface area contributed by atoms with Gasteiger partial charge in [0.2, 0.25) is 0 Å². The standard InChI is InChI=1S/C17H13Cl2FN6O/c18-11-6-5-9(7-12(11)19)24-15-14(21)16(23-8-22-15)25-26-17(27)10-3-1-2-4-13(10)20/h1-8H,21H2,(H,26,27)(H2,22,23,24,25). The van der Waals surface area contributed by atoms with Crippen LogP contribution < -0.4 is 21.9 Å². The molecule has 0 saturated carbocycles. The Morgan fingerprint density at radius 2 is 1.78 bits per heavy atom. The Kier molecular flexibility index (Phi) is 5.58. The van der Waals surface area contributed by atoms with Gasteiger partial charge in [-0.1, -0.05) is 35.3 Å². The van der Waals surface area contributed by atoms with Crippen LogP contribution in [0.25, 0.3) is 0 Å². The molecule has 0 aliphatic heterocycles. The van der Waals surface area contributed by atoms with Gasteiger partial charge in [-0.15, -0.1) is 0 Å². The number of hydrogen-bond donors (Lipinski definition) is 4. The Labute approximate surface area is 163 Å². The molecule has 1 heterocycles. The molecule has 0 aliphatic carbocycles. The van der Waals surface area contributed by atoms with Crippen molar-refractivity contribution in [3.63, 3.8) is 0 Å². The third-order valence-corrected chi connectivity index (χ3v) is 4.22. The number of carbonyl (C=O) groups is 1. The van der Waals surface area contributed by atoms with Crippen LogP contribution in [-0.4, -0.2) is 15.9 Å². The molecule has 0 bridgehead atoms. The molecule has 3 rings (SSSR count). The number of nitrogens with one attached hydrogen (secondary N) is 3. The number of aromatic nitrogens is 2. The number of hydrogen-bond acceptors (Lipinski definition) is 6. The van der Waals surface area contributed by atoms with E-state index in [0.29, 0.717) is 15.7 Å². The van der Waals surface area contributed by atoms with E-state index in [2.05, 4.69) is 26.1 Å². The van der Waals surface area contributed by atoms with Crippen molar-refractivity contribution in [1.82, 2.24) is 15.4 Å². The molecular weight excluding hydrogens is 394 g/mol. The lowest BCUT2D eigenvalue weighted by molar-refractivity contribution is 0.0958. The van der Waals surface area contributed by atoms with Gasteiger partial charge in [0.1, 0.15) is 17.8 Å². The molecule has 0 atom stereocenters. The Morgan fingerprint density at radius 1 is 1.04 bits per heavy atom. The largest absolute Gasteiger partial charge is 0.393 e. The summed E-state index contributed by atoms with van der Waals surface area (Å²) in [5, 5.41) is 3.76. The van der Waals surface area contributed by atoms with Crippen molar-refractivity contribution in [2.75, 3.05) is 16.5 Å². The highest BCUT2D eigenvalue weighted by atomic mass is 35.5. The second kappa shape index (κ2) is 8.07. The van der Waals surface area contributed by atoms with Crippen LogP contribution in [0.5, 0.6) is 0 Å². The fraction of sp³-hybridized carbons (Fsp3) is 0. The highest BCUT2D eigenvalue weighted by Gasteiger charge is 2.13. The Hall–Kier alpha value is -3.10. The number of rotatable bonds is 5. The zero-order chi connectivity index (χ0) is 19.4. The lowest BCUT2D eigenvalue weighted by Gasteiger charge is -2.13. The van der Waals surface area contributed by atoms with Crippen LogP contribution in [0.4, 0.5) is 27.4 Å². The van der Waals surface area contributed by atoms with E-state index >= 15 is 0 Å². The van der Waals surface area contributed by atoms with Crippen molar-refractivity contribution in [2.24, 2.45) is 0 Å². The summed E-state index contributed by atoms with van der Waals surface area (Å²) in [6.07, 6.45) is 1.24. The predicted octanol–water partition coefficient (Wildman–Crippen LogP) is 4.01. The minimum absolute atomic E-state index is 0.119. The maximum atomic E-state index is 13.6. The normalized spacial score (nSPS) is 10.3. The third kappa shape index (κ3) is 4.36. The minimum Gasteiger partial charge on any atom is -0.393 e. The molecule has 1 amide bonds. The van der Waals surface area contributed by atoms with E-state index in [0.717, 1.165) is 0 Å². The summed E-state index contributed by atoms with van der Waals surface area (Å²) in [4.78, 5) is 20.1. The molecule has 0 spiro atoms. The molecule has 0 unspecified atom stereocenters. The molecule has 5 N–H and O–H groups in total. The summed E-state index contributed by atoms with van der Waals surface area (Å²) in [6, 6.07) is 10.5. The van der Waals surface area contributed by atoms with E-state index in [1.165, 1.54) is 24.5 Å². The number of carbonyl (C=O) groups excluding carboxylic acids is 1. The van der Waals surface area contributed by atoms with Crippen LogP contribution >= 0.6 is 23.2 Å². The summed E-state index contributed by atoms with van der Waals surface area (Å²) in [7, 11) is 0. The number of anilines is 4. The summed E-state index contributed by atoms with van der Waals surface area (Å²) in [5.41, 5.74) is 11.5. The topological polar surface area (TPSA) is 105 Å². The molecule has 0 aliphatic rings. The van der Waals surface area contributed by atoms with Gasteiger partial charge in [0.25, 0.3) is 5.91 Å². The number of halogens is 3. The molecule has 3 aromatic rings. The van der Waals surface area contributed by atoms with Crippen molar-refractivity contribution < 1.29 is 9.18 Å². The second-order valence-electron chi connectivity index (χ2n) is 5.30. The minimum atomic E-state index is -0.676. The van der Waals surface area contributed by atoms with E-state index < -0.39 is 11.7 Å². The lowest BCUT2D eigenvalue weighted by atomic mass is 10.2. The van der Waals surface area contributed by atoms with Crippen LogP contribution in [0.3, 0.4) is 0 Å². The molecule has 0 fully saturated rings. The third-order valence-electron chi connectivity index (χ3n) is 3.48. The monoisotopic (exact) mass is 406 g/mol. The zero-order valence-corrected chi connectivity index (χ0v) is 15.1. The van der Waals surface area contributed by atoms with Crippen LogP contribution in [-0.2, 0) is 0 Å². The first-order valence-corrected chi connectivity index (χ1v) is 8.34. The van der Waals surface area contributed by atoms with Crippen LogP contribution in [0.1, 0.15) is 10.4 Å². The highest BCUT2D eigenvalue weighted by Crippen LogP contribution is 2.29. The van der Waals surface area contributed by atoms with Crippen molar-refractivity contribution >= 4 is 52.1 Å². The fourth-order valence-electron chi connectivity index (χ4n) is 2.13. The van der Waals surface area contributed by atoms with Crippen molar-refractivity contribution in [3.8, 4) is 0 Å². The van der Waals surface area contributed by atoms with Gasteiger partial charge in [-0.3, -0.25) is 15.6 Å². The quantitative estimate of drug-likeness (QED) is 0.477. The van der Waals surface area contributed by atoms with Crippen LogP contribution in [0.2, 0.25) is 10.0 Å². The van der Waals surface area contributed by atoms with Gasteiger partial charge in [0.05, 0.1) is 15.6 Å². The molecule has 1 aromatic heterocycles. The first kappa shape index (κ1) is 18.7. The number of hydrazine groups is 1. The number of nitrogens with zero attached hydrogens (tertiary/aromatic N) is 2. The molecular formula is C17H13Cl2FN6O. The number of nitrogen functional groups attached to an aromatic ring is 1. The molecule has 138 valence electrons. The molecule has 10 heteroatoms. The predicted molar refractivity (Wildman–Crippen MR) is 104 cm³/mol. The van der Waals surface area contributed by atoms with Gasteiger partial charge >= 0.3 is 0 Å². The smallest absolute Gasteiger partial charge is 0.272 e. The zero-order valence-electron chi connectivity index (χ0n) is 13.6. The van der Waals surface area contributed by atoms with Gasteiger partial charge in [0, 0.05) is 5.69 Å². The number of nitrogens with two attached hydrogens (primary N) is 1. The summed E-state index contributed by atoms with van der Waals surface area (Å²) in [5.74, 6) is -0.900. The van der Waals surface area contributed by atoms with Crippen molar-refractivity contribution in [1.29, 1.82) is 0 Å². The average molecular weight is 407 g/mol. The van der Waals surface area contributed by atoms with Crippen LogP contribution in [0, 0.1) is 5.82 Å². The lowest BCUT2D eigenvalue weighted by Crippen LogP contribution is -2.31.